The fraction of sp³-hybridized carbons (Fsp3) is 0.583. The molecule has 0 saturated heterocycles. The molecule has 0 radical (unpaired) electrons. The van der Waals surface area contributed by atoms with E-state index in [1.807, 2.05) is 13.8 Å². The minimum atomic E-state index is 0.510. The fourth-order valence-electron chi connectivity index (χ4n) is 1.59. The van der Waals surface area contributed by atoms with Gasteiger partial charge in [0.2, 0.25) is 0 Å². The van der Waals surface area contributed by atoms with Gasteiger partial charge in [-0.1, -0.05) is 12.2 Å². The summed E-state index contributed by atoms with van der Waals surface area (Å²) in [6, 6.07) is 0. The molecule has 0 amide bonds. The number of rotatable bonds is 7. The Labute approximate surface area is 113 Å². The predicted octanol–water partition coefficient (Wildman–Crippen LogP) is 1.22. The van der Waals surface area contributed by atoms with Crippen LogP contribution >= 0.6 is 12.2 Å². The van der Waals surface area contributed by atoms with Gasteiger partial charge in [0.05, 0.1) is 23.0 Å². The predicted molar refractivity (Wildman–Crippen MR) is 77.0 cm³/mol. The fourth-order valence-corrected chi connectivity index (χ4v) is 1.69. The average molecular weight is 268 g/mol. The zero-order valence-corrected chi connectivity index (χ0v) is 12.0. The third kappa shape index (κ3) is 4.54. The Morgan fingerprint density at radius 2 is 2.17 bits per heavy atom. The number of aromatic nitrogens is 2. The first-order valence-electron chi connectivity index (χ1n) is 5.87. The van der Waals surface area contributed by atoms with E-state index in [1.165, 1.54) is 0 Å². The van der Waals surface area contributed by atoms with Crippen LogP contribution in [0.4, 0.5) is 5.82 Å². The number of anilines is 1. The Kier molecular flexibility index (Phi) is 5.94. The molecule has 6 heteroatoms. The quantitative estimate of drug-likeness (QED) is 0.750. The van der Waals surface area contributed by atoms with Crippen molar-refractivity contribution >= 4 is 23.0 Å². The lowest BCUT2D eigenvalue weighted by Gasteiger charge is -2.24. The van der Waals surface area contributed by atoms with Crippen molar-refractivity contribution in [2.75, 3.05) is 31.7 Å². The van der Waals surface area contributed by atoms with Crippen molar-refractivity contribution in [2.45, 2.75) is 20.3 Å². The van der Waals surface area contributed by atoms with Crippen molar-refractivity contribution in [3.8, 4) is 0 Å². The lowest BCUT2D eigenvalue weighted by atomic mass is 10.3. The van der Waals surface area contributed by atoms with Crippen molar-refractivity contribution < 1.29 is 4.74 Å². The van der Waals surface area contributed by atoms with E-state index in [1.54, 1.807) is 13.3 Å². The molecule has 100 valence electrons. The molecular weight excluding hydrogens is 248 g/mol. The molecule has 1 heterocycles. The Balaban J connectivity index is 2.85. The lowest BCUT2D eigenvalue weighted by molar-refractivity contribution is 0.205. The second-order valence-electron chi connectivity index (χ2n) is 4.12. The SMILES string of the molecule is COCCN(CCC(N)=S)c1nc(C)cnc1C. The first-order valence-corrected chi connectivity index (χ1v) is 6.28. The monoisotopic (exact) mass is 268 g/mol. The summed E-state index contributed by atoms with van der Waals surface area (Å²) < 4.78 is 5.12. The average Bonchev–Trinajstić information content (AvgIpc) is 2.32. The van der Waals surface area contributed by atoms with Gasteiger partial charge in [0.25, 0.3) is 0 Å². The Bertz CT molecular complexity index is 411. The maximum absolute atomic E-state index is 5.55. The van der Waals surface area contributed by atoms with Gasteiger partial charge in [-0.2, -0.15) is 0 Å². The van der Waals surface area contributed by atoms with Crippen LogP contribution in [0.3, 0.4) is 0 Å². The van der Waals surface area contributed by atoms with E-state index < -0.39 is 0 Å². The van der Waals surface area contributed by atoms with Gasteiger partial charge in [0.1, 0.15) is 5.82 Å². The van der Waals surface area contributed by atoms with Crippen LogP contribution in [0, 0.1) is 13.8 Å². The highest BCUT2D eigenvalue weighted by Gasteiger charge is 2.12. The van der Waals surface area contributed by atoms with E-state index >= 15 is 0 Å². The van der Waals surface area contributed by atoms with Gasteiger partial charge in [-0.3, -0.25) is 4.98 Å². The van der Waals surface area contributed by atoms with Gasteiger partial charge >= 0.3 is 0 Å². The third-order valence-electron chi connectivity index (χ3n) is 2.54. The van der Waals surface area contributed by atoms with Gasteiger partial charge in [0, 0.05) is 32.8 Å². The van der Waals surface area contributed by atoms with E-state index in [-0.39, 0.29) is 0 Å². The number of nitrogens with two attached hydrogens (primary N) is 1. The molecule has 5 nitrogen and oxygen atoms in total. The molecule has 0 aliphatic rings. The number of hydrogen-bond donors (Lipinski definition) is 1. The van der Waals surface area contributed by atoms with Crippen LogP contribution in [0.15, 0.2) is 6.20 Å². The summed E-state index contributed by atoms with van der Waals surface area (Å²) in [5.41, 5.74) is 7.35. The van der Waals surface area contributed by atoms with Crippen LogP contribution < -0.4 is 10.6 Å². The summed E-state index contributed by atoms with van der Waals surface area (Å²) in [6.07, 6.45) is 2.43. The topological polar surface area (TPSA) is 64.3 Å². The smallest absolute Gasteiger partial charge is 0.150 e. The minimum absolute atomic E-state index is 0.510. The third-order valence-corrected chi connectivity index (χ3v) is 2.75. The minimum Gasteiger partial charge on any atom is -0.393 e. The molecule has 0 unspecified atom stereocenters. The van der Waals surface area contributed by atoms with Gasteiger partial charge < -0.3 is 15.4 Å². The highest BCUT2D eigenvalue weighted by molar-refractivity contribution is 7.80. The summed E-state index contributed by atoms with van der Waals surface area (Å²) >= 11 is 4.92. The second-order valence-corrected chi connectivity index (χ2v) is 4.64. The number of ether oxygens (including phenoxy) is 1. The van der Waals surface area contributed by atoms with Gasteiger partial charge in [-0.25, -0.2) is 4.98 Å². The van der Waals surface area contributed by atoms with E-state index in [9.17, 15) is 0 Å². The molecule has 0 atom stereocenters. The molecule has 1 rings (SSSR count). The number of aryl methyl sites for hydroxylation is 2. The Morgan fingerprint density at radius 3 is 2.78 bits per heavy atom. The first kappa shape index (κ1) is 14.8. The highest BCUT2D eigenvalue weighted by Crippen LogP contribution is 2.15. The van der Waals surface area contributed by atoms with Gasteiger partial charge in [-0.15, -0.1) is 0 Å². The molecule has 1 aromatic rings. The Morgan fingerprint density at radius 1 is 1.44 bits per heavy atom. The van der Waals surface area contributed by atoms with Gasteiger partial charge in [0.15, 0.2) is 0 Å². The summed E-state index contributed by atoms with van der Waals surface area (Å²) in [5, 5.41) is 0. The molecule has 0 bridgehead atoms. The Hall–Kier alpha value is -1.27. The van der Waals surface area contributed by atoms with E-state index in [2.05, 4.69) is 14.9 Å². The zero-order valence-electron chi connectivity index (χ0n) is 11.1. The van der Waals surface area contributed by atoms with Crippen molar-refractivity contribution in [3.05, 3.63) is 17.6 Å². The molecule has 2 N–H and O–H groups in total. The zero-order chi connectivity index (χ0) is 13.5. The normalized spacial score (nSPS) is 10.4. The van der Waals surface area contributed by atoms with Crippen LogP contribution in [0.25, 0.3) is 0 Å². The van der Waals surface area contributed by atoms with Crippen molar-refractivity contribution in [2.24, 2.45) is 5.73 Å². The highest BCUT2D eigenvalue weighted by atomic mass is 32.1. The number of methoxy groups -OCH3 is 1. The molecular formula is C12H20N4OS. The molecule has 1 aromatic heterocycles. The van der Waals surface area contributed by atoms with E-state index in [4.69, 9.17) is 22.7 Å². The standard InChI is InChI=1S/C12H20N4OS/c1-9-8-14-10(2)12(15-9)16(6-7-17-3)5-4-11(13)18/h8H,4-7H2,1-3H3,(H2,13,18). The molecule has 18 heavy (non-hydrogen) atoms. The molecule has 0 aromatic carbocycles. The van der Waals surface area contributed by atoms with Crippen LogP contribution in [-0.4, -0.2) is 41.8 Å². The maximum atomic E-state index is 5.55. The summed E-state index contributed by atoms with van der Waals surface area (Å²) in [5.74, 6) is 0.878. The van der Waals surface area contributed by atoms with Crippen LogP contribution in [-0.2, 0) is 4.74 Å². The first-order chi connectivity index (χ1) is 8.54. The molecule has 0 saturated carbocycles. The van der Waals surface area contributed by atoms with Crippen LogP contribution in [0.2, 0.25) is 0 Å². The molecule has 0 aliphatic heterocycles. The second kappa shape index (κ2) is 7.23. The lowest BCUT2D eigenvalue weighted by Crippen LogP contribution is -2.32. The van der Waals surface area contributed by atoms with Gasteiger partial charge in [-0.05, 0) is 13.8 Å². The summed E-state index contributed by atoms with van der Waals surface area (Å²) in [6.45, 7) is 5.99. The maximum Gasteiger partial charge on any atom is 0.150 e. The summed E-state index contributed by atoms with van der Waals surface area (Å²) in [4.78, 5) is 11.5. The van der Waals surface area contributed by atoms with E-state index in [0.29, 0.717) is 18.0 Å². The van der Waals surface area contributed by atoms with E-state index in [0.717, 1.165) is 30.3 Å². The van der Waals surface area contributed by atoms with Crippen LogP contribution in [0.5, 0.6) is 0 Å². The molecule has 0 spiro atoms. The number of thiocarbonyl (C=S) groups is 1. The molecule has 0 fully saturated rings. The van der Waals surface area contributed by atoms with Crippen LogP contribution in [0.1, 0.15) is 17.8 Å². The molecule has 0 aliphatic carbocycles. The van der Waals surface area contributed by atoms with Crippen molar-refractivity contribution in [1.82, 2.24) is 9.97 Å². The largest absolute Gasteiger partial charge is 0.393 e. The van der Waals surface area contributed by atoms with Crippen molar-refractivity contribution in [3.63, 3.8) is 0 Å². The summed E-state index contributed by atoms with van der Waals surface area (Å²) in [7, 11) is 1.68. The number of nitrogens with zero attached hydrogens (tertiary/aromatic N) is 3. The van der Waals surface area contributed by atoms with Crippen molar-refractivity contribution in [1.29, 1.82) is 0 Å². The number of hydrogen-bond acceptors (Lipinski definition) is 5.